The summed E-state index contributed by atoms with van der Waals surface area (Å²) in [5.41, 5.74) is 2.78. The third-order valence-electron chi connectivity index (χ3n) is 6.00. The van der Waals surface area contributed by atoms with Crippen molar-refractivity contribution in [3.05, 3.63) is 29.6 Å². The Balaban J connectivity index is 1.49. The quantitative estimate of drug-likeness (QED) is 0.525. The largest absolute Gasteiger partial charge is 0.492 e. The lowest BCUT2D eigenvalue weighted by Gasteiger charge is -2.26. The third kappa shape index (κ3) is 5.88. The van der Waals surface area contributed by atoms with Gasteiger partial charge in [-0.05, 0) is 31.2 Å². The maximum Gasteiger partial charge on any atom is 0.248 e. The van der Waals surface area contributed by atoms with Crippen molar-refractivity contribution in [2.24, 2.45) is 5.92 Å². The van der Waals surface area contributed by atoms with E-state index < -0.39 is 0 Å². The first-order valence-corrected chi connectivity index (χ1v) is 12.0. The Kier molecular flexibility index (Phi) is 7.72. The van der Waals surface area contributed by atoms with Gasteiger partial charge in [0.05, 0.1) is 19.7 Å². The van der Waals surface area contributed by atoms with Crippen molar-refractivity contribution in [3.8, 4) is 17.3 Å². The number of rotatable bonds is 10. The highest BCUT2D eigenvalue weighted by Crippen LogP contribution is 2.31. The SMILES string of the molecule is CC(C)CC(=O)CN(C)c1nc(-c2cc(OCCN3CCOCC3=O)ccn2)nc2c1CCC2. The molecule has 2 aromatic rings. The summed E-state index contributed by atoms with van der Waals surface area (Å²) in [7, 11) is 1.92. The second-order valence-electron chi connectivity index (χ2n) is 9.30. The van der Waals surface area contributed by atoms with Crippen LogP contribution in [0.2, 0.25) is 0 Å². The van der Waals surface area contributed by atoms with Crippen LogP contribution in [0, 0.1) is 5.92 Å². The van der Waals surface area contributed by atoms with E-state index >= 15 is 0 Å². The molecule has 9 heteroatoms. The van der Waals surface area contributed by atoms with Crippen LogP contribution in [0.4, 0.5) is 5.82 Å². The van der Waals surface area contributed by atoms with Crippen LogP contribution in [0.1, 0.15) is 37.9 Å². The highest BCUT2D eigenvalue weighted by molar-refractivity contribution is 5.83. The molecule has 0 atom stereocenters. The molecule has 2 aliphatic rings. The minimum absolute atomic E-state index is 0.0136. The number of amides is 1. The fraction of sp³-hybridized carbons (Fsp3) is 0.560. The van der Waals surface area contributed by atoms with E-state index in [2.05, 4.69) is 18.8 Å². The first-order chi connectivity index (χ1) is 16.4. The summed E-state index contributed by atoms with van der Waals surface area (Å²) in [6.07, 6.45) is 5.09. The van der Waals surface area contributed by atoms with E-state index in [-0.39, 0.29) is 18.3 Å². The smallest absolute Gasteiger partial charge is 0.248 e. The summed E-state index contributed by atoms with van der Waals surface area (Å²) in [6.45, 7) is 6.60. The number of carbonyl (C=O) groups excluding carboxylic acids is 2. The minimum Gasteiger partial charge on any atom is -0.492 e. The number of ether oxygens (including phenoxy) is 2. The van der Waals surface area contributed by atoms with Gasteiger partial charge in [-0.25, -0.2) is 9.97 Å². The summed E-state index contributed by atoms with van der Waals surface area (Å²) in [5.74, 6) is 2.52. The Morgan fingerprint density at radius 1 is 1.29 bits per heavy atom. The van der Waals surface area contributed by atoms with E-state index in [4.69, 9.17) is 19.4 Å². The van der Waals surface area contributed by atoms with E-state index in [0.717, 1.165) is 36.3 Å². The molecule has 182 valence electrons. The minimum atomic E-state index is -0.0136. The van der Waals surface area contributed by atoms with Gasteiger partial charge in [0.2, 0.25) is 5.91 Å². The van der Waals surface area contributed by atoms with Crippen LogP contribution in [-0.4, -0.2) is 78.0 Å². The molecule has 1 amide bonds. The molecule has 0 aromatic carbocycles. The van der Waals surface area contributed by atoms with Gasteiger partial charge in [-0.2, -0.15) is 0 Å². The highest BCUT2D eigenvalue weighted by atomic mass is 16.5. The number of ketones is 1. The number of hydrogen-bond acceptors (Lipinski definition) is 8. The van der Waals surface area contributed by atoms with E-state index in [1.165, 1.54) is 0 Å². The fourth-order valence-corrected chi connectivity index (χ4v) is 4.39. The van der Waals surface area contributed by atoms with Crippen LogP contribution < -0.4 is 9.64 Å². The van der Waals surface area contributed by atoms with E-state index in [0.29, 0.717) is 62.5 Å². The maximum absolute atomic E-state index is 12.4. The molecule has 9 nitrogen and oxygen atoms in total. The topological polar surface area (TPSA) is 97.8 Å². The number of likely N-dealkylation sites (N-methyl/N-ethyl adjacent to an activating group) is 1. The van der Waals surface area contributed by atoms with E-state index in [1.807, 2.05) is 18.0 Å². The number of aryl methyl sites for hydroxylation is 1. The molecule has 0 radical (unpaired) electrons. The molecular formula is C25H33N5O4. The molecule has 4 rings (SSSR count). The van der Waals surface area contributed by atoms with Gasteiger partial charge < -0.3 is 19.3 Å². The van der Waals surface area contributed by atoms with Crippen molar-refractivity contribution in [1.82, 2.24) is 19.9 Å². The molecule has 1 aliphatic heterocycles. The zero-order chi connectivity index (χ0) is 24.1. The Labute approximate surface area is 200 Å². The standard InChI is InChI=1S/C25H33N5O4/c1-17(2)13-18(31)15-29(3)25-20-5-4-6-21(20)27-24(28-25)22-14-19(7-8-26-22)34-12-10-30-9-11-33-16-23(30)32/h7-8,14,17H,4-6,9-13,15-16H2,1-3H3. The number of nitrogens with zero attached hydrogens (tertiary/aromatic N) is 5. The number of anilines is 1. The Morgan fingerprint density at radius 3 is 2.94 bits per heavy atom. The van der Waals surface area contributed by atoms with Gasteiger partial charge >= 0.3 is 0 Å². The zero-order valence-corrected chi connectivity index (χ0v) is 20.2. The van der Waals surface area contributed by atoms with Gasteiger partial charge in [-0.15, -0.1) is 0 Å². The Hall–Kier alpha value is -3.07. The molecule has 1 aliphatic carbocycles. The lowest BCUT2D eigenvalue weighted by atomic mass is 10.1. The lowest BCUT2D eigenvalue weighted by molar-refractivity contribution is -0.143. The van der Waals surface area contributed by atoms with Crippen molar-refractivity contribution >= 4 is 17.5 Å². The summed E-state index contributed by atoms with van der Waals surface area (Å²) in [6, 6.07) is 3.61. The third-order valence-corrected chi connectivity index (χ3v) is 6.00. The molecule has 2 aromatic heterocycles. The van der Waals surface area contributed by atoms with Crippen molar-refractivity contribution in [1.29, 1.82) is 0 Å². The number of fused-ring (bicyclic) bond motifs is 1. The molecule has 34 heavy (non-hydrogen) atoms. The summed E-state index contributed by atoms with van der Waals surface area (Å²) < 4.78 is 11.1. The number of hydrogen-bond donors (Lipinski definition) is 0. The number of morpholine rings is 1. The van der Waals surface area contributed by atoms with Crippen LogP contribution >= 0.6 is 0 Å². The Bertz CT molecular complexity index is 1040. The number of Topliss-reactive ketones (excluding diaryl/α,β-unsaturated/α-hetero) is 1. The summed E-state index contributed by atoms with van der Waals surface area (Å²) in [4.78, 5) is 42.1. The molecule has 0 bridgehead atoms. The van der Waals surface area contributed by atoms with Gasteiger partial charge in [0, 0.05) is 43.5 Å². The van der Waals surface area contributed by atoms with Gasteiger partial charge in [-0.1, -0.05) is 13.8 Å². The van der Waals surface area contributed by atoms with Gasteiger partial charge in [0.25, 0.3) is 0 Å². The van der Waals surface area contributed by atoms with Crippen molar-refractivity contribution < 1.29 is 19.1 Å². The molecule has 0 saturated carbocycles. The molecule has 3 heterocycles. The molecule has 1 fully saturated rings. The van der Waals surface area contributed by atoms with Gasteiger partial charge in [-0.3, -0.25) is 14.6 Å². The van der Waals surface area contributed by atoms with Crippen LogP contribution in [0.3, 0.4) is 0 Å². The Morgan fingerprint density at radius 2 is 2.15 bits per heavy atom. The average Bonchev–Trinajstić information content (AvgIpc) is 3.28. The monoisotopic (exact) mass is 467 g/mol. The second kappa shape index (κ2) is 10.9. The maximum atomic E-state index is 12.4. The average molecular weight is 468 g/mol. The van der Waals surface area contributed by atoms with Crippen LogP contribution in [0.25, 0.3) is 11.5 Å². The van der Waals surface area contributed by atoms with Crippen molar-refractivity contribution in [3.63, 3.8) is 0 Å². The van der Waals surface area contributed by atoms with E-state index in [1.54, 1.807) is 17.2 Å². The predicted octanol–water partition coefficient (Wildman–Crippen LogP) is 2.32. The van der Waals surface area contributed by atoms with Crippen LogP contribution in [0.5, 0.6) is 5.75 Å². The normalized spacial score (nSPS) is 15.5. The number of pyridine rings is 1. The lowest BCUT2D eigenvalue weighted by Crippen LogP contribution is -2.43. The summed E-state index contributed by atoms with van der Waals surface area (Å²) >= 11 is 0. The molecule has 0 N–H and O–H groups in total. The summed E-state index contributed by atoms with van der Waals surface area (Å²) in [5, 5.41) is 0. The van der Waals surface area contributed by atoms with Crippen molar-refractivity contribution in [2.75, 3.05) is 51.4 Å². The van der Waals surface area contributed by atoms with Gasteiger partial charge in [0.1, 0.15) is 30.5 Å². The van der Waals surface area contributed by atoms with Crippen LogP contribution in [0.15, 0.2) is 18.3 Å². The first kappa shape index (κ1) is 24.1. The molecular weight excluding hydrogens is 434 g/mol. The predicted molar refractivity (Wildman–Crippen MR) is 128 cm³/mol. The van der Waals surface area contributed by atoms with E-state index in [9.17, 15) is 9.59 Å². The van der Waals surface area contributed by atoms with Crippen LogP contribution in [-0.2, 0) is 27.2 Å². The van der Waals surface area contributed by atoms with Crippen molar-refractivity contribution in [2.45, 2.75) is 39.5 Å². The molecule has 0 spiro atoms. The molecule has 1 saturated heterocycles. The first-order valence-electron chi connectivity index (χ1n) is 12.0. The molecule has 0 unspecified atom stereocenters. The number of aromatic nitrogens is 3. The van der Waals surface area contributed by atoms with Gasteiger partial charge in [0.15, 0.2) is 11.6 Å². The fourth-order valence-electron chi connectivity index (χ4n) is 4.39. The number of carbonyl (C=O) groups is 2. The highest BCUT2D eigenvalue weighted by Gasteiger charge is 2.24. The second-order valence-corrected chi connectivity index (χ2v) is 9.30. The zero-order valence-electron chi connectivity index (χ0n) is 20.2.